The summed E-state index contributed by atoms with van der Waals surface area (Å²) in [6.07, 6.45) is 6.60. The Bertz CT molecular complexity index is 579. The van der Waals surface area contributed by atoms with Crippen molar-refractivity contribution in [3.8, 4) is 0 Å². The van der Waals surface area contributed by atoms with E-state index in [9.17, 15) is 19.8 Å². The molecule has 2 rings (SSSR count). The van der Waals surface area contributed by atoms with E-state index >= 15 is 0 Å². The summed E-state index contributed by atoms with van der Waals surface area (Å²) in [5.41, 5.74) is -0.976. The molecule has 0 aromatic rings. The van der Waals surface area contributed by atoms with Crippen LogP contribution < -0.4 is 0 Å². The zero-order chi connectivity index (χ0) is 18.1. The molecule has 0 aliphatic heterocycles. The minimum absolute atomic E-state index is 0.0266. The fourth-order valence-corrected chi connectivity index (χ4v) is 4.16. The van der Waals surface area contributed by atoms with Crippen LogP contribution in [0, 0.1) is 23.2 Å². The Balaban J connectivity index is 2.49. The third-order valence-corrected chi connectivity index (χ3v) is 5.98. The number of alkyl halides is 2. The minimum atomic E-state index is -1.21. The van der Waals surface area contributed by atoms with Gasteiger partial charge in [-0.15, -0.1) is 23.2 Å². The summed E-state index contributed by atoms with van der Waals surface area (Å²) in [4.78, 5) is 22.8. The van der Waals surface area contributed by atoms with Crippen LogP contribution in [0.15, 0.2) is 21.1 Å². The molecule has 2 fully saturated rings. The summed E-state index contributed by atoms with van der Waals surface area (Å²) in [7, 11) is 0. The summed E-state index contributed by atoms with van der Waals surface area (Å²) in [5, 5.41) is 19.5. The first-order valence-electron chi connectivity index (χ1n) is 7.67. The highest BCUT2D eigenvalue weighted by Gasteiger charge is 2.56. The number of carboxylic acid groups (broad SMARTS) is 2. The van der Waals surface area contributed by atoms with Gasteiger partial charge < -0.3 is 10.2 Å². The zero-order valence-corrected chi connectivity index (χ0v) is 17.4. The predicted octanol–water partition coefficient (Wildman–Crippen LogP) is 5.33. The monoisotopic (exact) mass is 502 g/mol. The van der Waals surface area contributed by atoms with Gasteiger partial charge >= 0.3 is 11.9 Å². The summed E-state index contributed by atoms with van der Waals surface area (Å²) in [6, 6.07) is 0. The number of aliphatic carboxylic acids is 2. The number of halogens is 4. The Morgan fingerprint density at radius 1 is 1.17 bits per heavy atom. The molecule has 24 heavy (non-hydrogen) atoms. The van der Waals surface area contributed by atoms with Crippen LogP contribution >= 0.6 is 55.1 Å². The smallest absolute Gasteiger partial charge is 0.331 e. The van der Waals surface area contributed by atoms with Gasteiger partial charge in [-0.2, -0.15) is 0 Å². The fourth-order valence-electron chi connectivity index (χ4n) is 3.24. The van der Waals surface area contributed by atoms with Gasteiger partial charge in [0.2, 0.25) is 0 Å². The Morgan fingerprint density at radius 2 is 1.75 bits per heavy atom. The van der Waals surface area contributed by atoms with Crippen LogP contribution in [0.1, 0.15) is 32.1 Å². The Hall–Kier alpha value is -0.0400. The highest BCUT2D eigenvalue weighted by Crippen LogP contribution is 2.56. The Morgan fingerprint density at radius 3 is 2.08 bits per heavy atom. The van der Waals surface area contributed by atoms with Crippen molar-refractivity contribution in [1.82, 2.24) is 0 Å². The predicted molar refractivity (Wildman–Crippen MR) is 101 cm³/mol. The first-order chi connectivity index (χ1) is 11.2. The van der Waals surface area contributed by atoms with Crippen LogP contribution in [-0.4, -0.2) is 27.0 Å². The summed E-state index contributed by atoms with van der Waals surface area (Å²) in [6.45, 7) is 0. The van der Waals surface area contributed by atoms with Crippen molar-refractivity contribution in [1.29, 1.82) is 0 Å². The quantitative estimate of drug-likeness (QED) is 0.329. The molecule has 4 nitrogen and oxygen atoms in total. The maximum absolute atomic E-state index is 12.2. The van der Waals surface area contributed by atoms with Crippen molar-refractivity contribution in [3.05, 3.63) is 21.1 Å². The van der Waals surface area contributed by atoms with E-state index in [1.807, 2.05) is 0 Å². The molecule has 0 aromatic carbocycles. The number of hydrogen-bond donors (Lipinski definition) is 2. The average Bonchev–Trinajstić information content (AvgIpc) is 3.34. The van der Waals surface area contributed by atoms with E-state index in [4.69, 9.17) is 23.2 Å². The molecule has 134 valence electrons. The van der Waals surface area contributed by atoms with E-state index < -0.39 is 28.1 Å². The molecule has 2 aliphatic carbocycles. The van der Waals surface area contributed by atoms with Gasteiger partial charge in [-0.3, -0.25) is 4.79 Å². The third-order valence-electron chi connectivity index (χ3n) is 4.79. The van der Waals surface area contributed by atoms with Crippen molar-refractivity contribution in [2.24, 2.45) is 23.2 Å². The molecule has 8 heteroatoms. The van der Waals surface area contributed by atoms with Crippen molar-refractivity contribution in [3.63, 3.8) is 0 Å². The average molecular weight is 505 g/mol. The highest BCUT2D eigenvalue weighted by atomic mass is 79.9. The van der Waals surface area contributed by atoms with E-state index in [-0.39, 0.29) is 23.8 Å². The molecule has 2 aliphatic rings. The largest absolute Gasteiger partial charge is 0.481 e. The first kappa shape index (κ1) is 20.3. The van der Waals surface area contributed by atoms with Gasteiger partial charge in [0.05, 0.1) is 8.81 Å². The summed E-state index contributed by atoms with van der Waals surface area (Å²) < 4.78 is 0.644. The van der Waals surface area contributed by atoms with E-state index in [0.29, 0.717) is 3.39 Å². The lowest BCUT2D eigenvalue weighted by Crippen LogP contribution is -2.43. The number of hydrogen-bond acceptors (Lipinski definition) is 2. The minimum Gasteiger partial charge on any atom is -0.481 e. The molecule has 0 bridgehead atoms. The van der Waals surface area contributed by atoms with Gasteiger partial charge in [0, 0.05) is 11.5 Å². The lowest BCUT2D eigenvalue weighted by atomic mass is 9.68. The molecule has 0 heterocycles. The molecule has 0 amide bonds. The van der Waals surface area contributed by atoms with Crippen LogP contribution in [0.3, 0.4) is 0 Å². The maximum Gasteiger partial charge on any atom is 0.331 e. The van der Waals surface area contributed by atoms with Gasteiger partial charge in [0.1, 0.15) is 4.84 Å². The van der Waals surface area contributed by atoms with Gasteiger partial charge in [0.25, 0.3) is 0 Å². The van der Waals surface area contributed by atoms with Crippen LogP contribution in [0.2, 0.25) is 0 Å². The van der Waals surface area contributed by atoms with E-state index in [1.54, 1.807) is 6.08 Å². The SMILES string of the molecule is O=C(O)C(=CC(C(Cl)Cl)C(CC=C(Br)Br)(C(=O)O)C1CC1)C1CC1. The van der Waals surface area contributed by atoms with Crippen LogP contribution in [0.4, 0.5) is 0 Å². The molecule has 2 unspecified atom stereocenters. The van der Waals surface area contributed by atoms with E-state index in [1.165, 1.54) is 6.08 Å². The molecule has 0 aromatic heterocycles. The lowest BCUT2D eigenvalue weighted by Gasteiger charge is -2.36. The van der Waals surface area contributed by atoms with Gasteiger partial charge in [-0.05, 0) is 75.8 Å². The number of carbonyl (C=O) groups is 2. The molecule has 0 radical (unpaired) electrons. The standard InChI is InChI=1S/C16H18Br2Cl2O4/c17-12(18)5-6-16(15(23)24,9-3-4-9)11(13(19)20)7-10(14(21)22)8-1-2-8/h5,7-9,11,13H,1-4,6H2,(H,21,22)(H,23,24). The van der Waals surface area contributed by atoms with Gasteiger partial charge in [-0.25, -0.2) is 4.79 Å². The molecular formula is C16H18Br2Cl2O4. The van der Waals surface area contributed by atoms with Crippen molar-refractivity contribution in [2.45, 2.75) is 36.9 Å². The molecule has 2 N–H and O–H groups in total. The van der Waals surface area contributed by atoms with Gasteiger partial charge in [-0.1, -0.05) is 12.2 Å². The second kappa shape index (κ2) is 8.11. The normalized spacial score (nSPS) is 22.0. The molecule has 0 spiro atoms. The molecule has 0 saturated heterocycles. The van der Waals surface area contributed by atoms with Crippen LogP contribution in [-0.2, 0) is 9.59 Å². The number of carboxylic acids is 2. The molecule has 2 atom stereocenters. The lowest BCUT2D eigenvalue weighted by molar-refractivity contribution is -0.153. The topological polar surface area (TPSA) is 74.6 Å². The zero-order valence-electron chi connectivity index (χ0n) is 12.7. The second-order valence-corrected chi connectivity index (χ2v) is 10.3. The fraction of sp³-hybridized carbons (Fsp3) is 0.625. The number of rotatable bonds is 9. The molecular weight excluding hydrogens is 487 g/mol. The van der Waals surface area contributed by atoms with E-state index in [0.717, 1.165) is 25.7 Å². The summed E-state index contributed by atoms with van der Waals surface area (Å²) >= 11 is 18.8. The van der Waals surface area contributed by atoms with Crippen molar-refractivity contribution >= 4 is 67.0 Å². The number of allylic oxidation sites excluding steroid dienone is 2. The second-order valence-electron chi connectivity index (χ2n) is 6.38. The van der Waals surface area contributed by atoms with Gasteiger partial charge in [0.15, 0.2) is 0 Å². The maximum atomic E-state index is 12.2. The molecule has 2 saturated carbocycles. The van der Waals surface area contributed by atoms with Crippen molar-refractivity contribution < 1.29 is 19.8 Å². The van der Waals surface area contributed by atoms with Crippen molar-refractivity contribution in [2.75, 3.05) is 0 Å². The Labute approximate surface area is 167 Å². The van der Waals surface area contributed by atoms with Crippen LogP contribution in [0.25, 0.3) is 0 Å². The Kier molecular flexibility index (Phi) is 6.85. The first-order valence-corrected chi connectivity index (χ1v) is 10.1. The highest BCUT2D eigenvalue weighted by molar-refractivity contribution is 9.28. The van der Waals surface area contributed by atoms with Crippen LogP contribution in [0.5, 0.6) is 0 Å². The summed E-state index contributed by atoms with van der Waals surface area (Å²) in [5.74, 6) is -2.88. The third kappa shape index (κ3) is 4.57. The van der Waals surface area contributed by atoms with E-state index in [2.05, 4.69) is 31.9 Å².